The molecule has 5 heteroatoms. The molecular weight excluding hydrogens is 221 g/mol. The summed E-state index contributed by atoms with van der Waals surface area (Å²) >= 11 is 0. The summed E-state index contributed by atoms with van der Waals surface area (Å²) in [5.74, 6) is -4.11. The van der Waals surface area contributed by atoms with Crippen LogP contribution in [-0.4, -0.2) is 12.9 Å². The number of hydrogen-bond acceptors (Lipinski definition) is 2. The summed E-state index contributed by atoms with van der Waals surface area (Å²) in [5.41, 5.74) is 0. The Bertz CT molecular complexity index is 343. The van der Waals surface area contributed by atoms with Crippen molar-refractivity contribution in [3.63, 3.8) is 0 Å². The van der Waals surface area contributed by atoms with Crippen molar-refractivity contribution < 1.29 is 22.7 Å². The molecular formula is C11H11F3O2. The number of unbranched alkanes of at least 4 members (excludes halogenated alkanes) is 2. The van der Waals surface area contributed by atoms with Crippen LogP contribution in [0.15, 0.2) is 12.1 Å². The largest absolute Gasteiger partial charge is 0.493 e. The van der Waals surface area contributed by atoms with Crippen LogP contribution >= 0.6 is 0 Å². The van der Waals surface area contributed by atoms with Crippen molar-refractivity contribution in [1.82, 2.24) is 0 Å². The maximum absolute atomic E-state index is 12.7. The van der Waals surface area contributed by atoms with Gasteiger partial charge in [0, 0.05) is 18.6 Å². The maximum Gasteiger partial charge on any atom is 0.194 e. The average molecular weight is 232 g/mol. The van der Waals surface area contributed by atoms with Crippen LogP contribution in [0.4, 0.5) is 13.2 Å². The second-order valence-corrected chi connectivity index (χ2v) is 3.21. The molecule has 0 N–H and O–H groups in total. The molecule has 2 nitrogen and oxygen atoms in total. The van der Waals surface area contributed by atoms with Crippen LogP contribution in [0, 0.1) is 17.5 Å². The summed E-state index contributed by atoms with van der Waals surface area (Å²) in [4.78, 5) is 9.98. The van der Waals surface area contributed by atoms with Crippen LogP contribution in [0.2, 0.25) is 0 Å². The molecule has 0 heterocycles. The standard InChI is InChI=1S/C11H11F3O2/c12-9-6-8(7-10(13)11(9)14)16-5-3-1-2-4-15/h4,6-7H,1-3,5H2. The Kier molecular flexibility index (Phi) is 4.82. The zero-order valence-corrected chi connectivity index (χ0v) is 8.51. The second kappa shape index (κ2) is 6.15. The molecule has 0 aliphatic rings. The van der Waals surface area contributed by atoms with Crippen LogP contribution in [-0.2, 0) is 4.79 Å². The van der Waals surface area contributed by atoms with Crippen LogP contribution in [0.3, 0.4) is 0 Å². The summed E-state index contributed by atoms with van der Waals surface area (Å²) in [6.45, 7) is 0.234. The van der Waals surface area contributed by atoms with E-state index in [4.69, 9.17) is 4.74 Å². The van der Waals surface area contributed by atoms with E-state index in [2.05, 4.69) is 0 Å². The molecule has 16 heavy (non-hydrogen) atoms. The molecule has 1 aromatic rings. The fraction of sp³-hybridized carbons (Fsp3) is 0.364. The Labute approximate surface area is 91.0 Å². The predicted molar refractivity (Wildman–Crippen MR) is 51.7 cm³/mol. The van der Waals surface area contributed by atoms with Crippen molar-refractivity contribution >= 4 is 6.29 Å². The highest BCUT2D eigenvalue weighted by Crippen LogP contribution is 2.19. The number of halogens is 3. The number of ether oxygens (including phenoxy) is 1. The lowest BCUT2D eigenvalue weighted by Gasteiger charge is -2.06. The third kappa shape index (κ3) is 3.56. The van der Waals surface area contributed by atoms with Gasteiger partial charge in [0.1, 0.15) is 12.0 Å². The first-order valence-corrected chi connectivity index (χ1v) is 4.86. The van der Waals surface area contributed by atoms with Crippen molar-refractivity contribution in [2.75, 3.05) is 6.61 Å². The zero-order valence-electron chi connectivity index (χ0n) is 8.51. The third-order valence-electron chi connectivity index (χ3n) is 1.94. The number of benzene rings is 1. The van der Waals surface area contributed by atoms with Crippen molar-refractivity contribution in [1.29, 1.82) is 0 Å². The van der Waals surface area contributed by atoms with Crippen LogP contribution < -0.4 is 4.74 Å². The molecule has 1 rings (SSSR count). The van der Waals surface area contributed by atoms with E-state index in [0.717, 1.165) is 18.4 Å². The van der Waals surface area contributed by atoms with Crippen molar-refractivity contribution in [2.24, 2.45) is 0 Å². The molecule has 88 valence electrons. The minimum atomic E-state index is -1.51. The topological polar surface area (TPSA) is 26.3 Å². The molecule has 0 amide bonds. The molecule has 0 atom stereocenters. The number of hydrogen-bond donors (Lipinski definition) is 0. The lowest BCUT2D eigenvalue weighted by atomic mass is 10.2. The van der Waals surface area contributed by atoms with Crippen LogP contribution in [0.5, 0.6) is 5.75 Å². The smallest absolute Gasteiger partial charge is 0.194 e. The first kappa shape index (κ1) is 12.5. The van der Waals surface area contributed by atoms with Gasteiger partial charge in [0.05, 0.1) is 6.61 Å². The number of carbonyl (C=O) groups is 1. The molecule has 0 saturated carbocycles. The fourth-order valence-electron chi connectivity index (χ4n) is 1.14. The molecule has 0 aromatic heterocycles. The number of aldehydes is 1. The van der Waals surface area contributed by atoms with Gasteiger partial charge in [-0.15, -0.1) is 0 Å². The molecule has 0 spiro atoms. The van der Waals surface area contributed by atoms with Crippen LogP contribution in [0.25, 0.3) is 0 Å². The monoisotopic (exact) mass is 232 g/mol. The molecule has 0 radical (unpaired) electrons. The molecule has 0 fully saturated rings. The number of carbonyl (C=O) groups excluding carboxylic acids is 1. The van der Waals surface area contributed by atoms with E-state index in [-0.39, 0.29) is 12.4 Å². The van der Waals surface area contributed by atoms with Gasteiger partial charge in [-0.05, 0) is 12.8 Å². The third-order valence-corrected chi connectivity index (χ3v) is 1.94. The minimum Gasteiger partial charge on any atom is -0.493 e. The lowest BCUT2D eigenvalue weighted by Crippen LogP contribution is -2.00. The summed E-state index contributed by atoms with van der Waals surface area (Å²) < 4.78 is 43.0. The normalized spacial score (nSPS) is 10.2. The van der Waals surface area contributed by atoms with Gasteiger partial charge in [-0.25, -0.2) is 13.2 Å². The second-order valence-electron chi connectivity index (χ2n) is 3.21. The molecule has 0 saturated heterocycles. The first-order chi connectivity index (χ1) is 7.65. The summed E-state index contributed by atoms with van der Waals surface area (Å²) in [7, 11) is 0. The highest BCUT2D eigenvalue weighted by Gasteiger charge is 2.10. The van der Waals surface area contributed by atoms with Gasteiger partial charge in [0.2, 0.25) is 0 Å². The maximum atomic E-state index is 12.7. The van der Waals surface area contributed by atoms with E-state index >= 15 is 0 Å². The van der Waals surface area contributed by atoms with Crippen molar-refractivity contribution in [3.8, 4) is 5.75 Å². The molecule has 1 aromatic carbocycles. The quantitative estimate of drug-likeness (QED) is 0.428. The van der Waals surface area contributed by atoms with Gasteiger partial charge >= 0.3 is 0 Å². The average Bonchev–Trinajstić information content (AvgIpc) is 2.25. The molecule has 0 aliphatic heterocycles. The van der Waals surface area contributed by atoms with E-state index in [1.54, 1.807) is 0 Å². The van der Waals surface area contributed by atoms with Gasteiger partial charge in [-0.3, -0.25) is 0 Å². The first-order valence-electron chi connectivity index (χ1n) is 4.86. The van der Waals surface area contributed by atoms with Crippen LogP contribution in [0.1, 0.15) is 19.3 Å². The van der Waals surface area contributed by atoms with Gasteiger partial charge in [0.15, 0.2) is 17.5 Å². The fourth-order valence-corrected chi connectivity index (χ4v) is 1.14. The van der Waals surface area contributed by atoms with E-state index in [1.165, 1.54) is 0 Å². The van der Waals surface area contributed by atoms with Gasteiger partial charge < -0.3 is 9.53 Å². The highest BCUT2D eigenvalue weighted by molar-refractivity contribution is 5.48. The Morgan fingerprint density at radius 1 is 1.12 bits per heavy atom. The minimum absolute atomic E-state index is 0.0532. The zero-order chi connectivity index (χ0) is 12.0. The molecule has 0 aliphatic carbocycles. The molecule has 0 unspecified atom stereocenters. The Hall–Kier alpha value is -1.52. The van der Waals surface area contributed by atoms with Gasteiger partial charge in [-0.2, -0.15) is 0 Å². The van der Waals surface area contributed by atoms with E-state index in [0.29, 0.717) is 19.3 Å². The summed E-state index contributed by atoms with van der Waals surface area (Å²) in [5, 5.41) is 0. The SMILES string of the molecule is O=CCCCCOc1cc(F)c(F)c(F)c1. The van der Waals surface area contributed by atoms with Gasteiger partial charge in [-0.1, -0.05) is 0 Å². The van der Waals surface area contributed by atoms with E-state index in [9.17, 15) is 18.0 Å². The highest BCUT2D eigenvalue weighted by atomic mass is 19.2. The predicted octanol–water partition coefficient (Wildman–Crippen LogP) is 2.85. The van der Waals surface area contributed by atoms with Gasteiger partial charge in [0.25, 0.3) is 0 Å². The van der Waals surface area contributed by atoms with Crippen molar-refractivity contribution in [3.05, 3.63) is 29.6 Å². The Balaban J connectivity index is 2.45. The summed E-state index contributed by atoms with van der Waals surface area (Å²) in [6.07, 6.45) is 2.46. The van der Waals surface area contributed by atoms with E-state index < -0.39 is 17.5 Å². The van der Waals surface area contributed by atoms with Crippen molar-refractivity contribution in [2.45, 2.75) is 19.3 Å². The Morgan fingerprint density at radius 3 is 2.31 bits per heavy atom. The lowest BCUT2D eigenvalue weighted by molar-refractivity contribution is -0.107. The Morgan fingerprint density at radius 2 is 1.75 bits per heavy atom. The van der Waals surface area contributed by atoms with E-state index in [1.807, 2.05) is 0 Å². The number of rotatable bonds is 6. The molecule has 0 bridgehead atoms. The summed E-state index contributed by atoms with van der Waals surface area (Å²) in [6, 6.07) is 1.58.